The van der Waals surface area contributed by atoms with E-state index >= 15 is 0 Å². The molecular weight excluding hydrogens is 292 g/mol. The molecule has 0 aromatic heterocycles. The molecule has 5 nitrogen and oxygen atoms in total. The minimum Gasteiger partial charge on any atom is -0.496 e. The van der Waals surface area contributed by atoms with E-state index in [1.807, 2.05) is 17.0 Å². The van der Waals surface area contributed by atoms with Gasteiger partial charge < -0.3 is 14.4 Å². The van der Waals surface area contributed by atoms with Crippen molar-refractivity contribution >= 4 is 5.91 Å². The first-order chi connectivity index (χ1) is 11.3. The number of amides is 1. The molecular formula is C18H26N2O3. The molecule has 0 N–H and O–H groups in total. The lowest BCUT2D eigenvalue weighted by Gasteiger charge is -2.29. The molecule has 2 fully saturated rings. The van der Waals surface area contributed by atoms with Gasteiger partial charge in [0.05, 0.1) is 20.3 Å². The average molecular weight is 318 g/mol. The van der Waals surface area contributed by atoms with Gasteiger partial charge in [0.2, 0.25) is 5.91 Å². The molecule has 0 unspecified atom stereocenters. The Morgan fingerprint density at radius 2 is 2.04 bits per heavy atom. The minimum atomic E-state index is 0.249. The molecule has 1 atom stereocenters. The van der Waals surface area contributed by atoms with Crippen molar-refractivity contribution in [1.29, 1.82) is 0 Å². The number of hydrogen-bond acceptors (Lipinski definition) is 4. The van der Waals surface area contributed by atoms with Gasteiger partial charge in [-0.3, -0.25) is 9.69 Å². The van der Waals surface area contributed by atoms with Gasteiger partial charge in [-0.15, -0.1) is 0 Å². The number of carbonyl (C=O) groups excluding carboxylic acids is 1. The summed E-state index contributed by atoms with van der Waals surface area (Å²) in [4.78, 5) is 16.7. The second-order valence-electron chi connectivity index (χ2n) is 6.18. The largest absolute Gasteiger partial charge is 0.496 e. The number of para-hydroxylation sites is 1. The van der Waals surface area contributed by atoms with Gasteiger partial charge in [0.1, 0.15) is 5.75 Å². The van der Waals surface area contributed by atoms with Gasteiger partial charge in [-0.2, -0.15) is 0 Å². The maximum atomic E-state index is 12.3. The topological polar surface area (TPSA) is 42.0 Å². The van der Waals surface area contributed by atoms with E-state index in [1.54, 1.807) is 7.11 Å². The van der Waals surface area contributed by atoms with Crippen molar-refractivity contribution in [2.24, 2.45) is 0 Å². The summed E-state index contributed by atoms with van der Waals surface area (Å²) >= 11 is 0. The van der Waals surface area contributed by atoms with E-state index in [2.05, 4.69) is 17.0 Å². The maximum Gasteiger partial charge on any atom is 0.224 e. The van der Waals surface area contributed by atoms with E-state index in [0.717, 1.165) is 38.3 Å². The number of benzene rings is 1. The molecule has 2 saturated heterocycles. The average Bonchev–Trinajstić information content (AvgIpc) is 3.08. The lowest BCUT2D eigenvalue weighted by molar-refractivity contribution is -0.135. The molecule has 0 aliphatic carbocycles. The molecule has 2 aliphatic heterocycles. The third-order valence-electron chi connectivity index (χ3n) is 4.84. The number of methoxy groups -OCH3 is 1. The van der Waals surface area contributed by atoms with Gasteiger partial charge >= 0.3 is 0 Å². The summed E-state index contributed by atoms with van der Waals surface area (Å²) in [6.45, 7) is 4.67. The Hall–Kier alpha value is -1.59. The molecule has 23 heavy (non-hydrogen) atoms. The maximum absolute atomic E-state index is 12.3. The lowest BCUT2D eigenvalue weighted by Crippen LogP contribution is -2.42. The third kappa shape index (κ3) is 3.85. The summed E-state index contributed by atoms with van der Waals surface area (Å²) in [5.41, 5.74) is 1.24. The Balaban J connectivity index is 1.59. The van der Waals surface area contributed by atoms with Crippen LogP contribution in [0.15, 0.2) is 24.3 Å². The zero-order valence-corrected chi connectivity index (χ0v) is 13.9. The highest BCUT2D eigenvalue weighted by Gasteiger charge is 2.28. The number of rotatable bonds is 5. The Labute approximate surface area is 138 Å². The Bertz CT molecular complexity index is 529. The van der Waals surface area contributed by atoms with E-state index in [9.17, 15) is 4.79 Å². The first-order valence-corrected chi connectivity index (χ1v) is 8.52. The van der Waals surface area contributed by atoms with E-state index in [0.29, 0.717) is 25.7 Å². The molecule has 126 valence electrons. The van der Waals surface area contributed by atoms with Crippen LogP contribution in [-0.2, 0) is 9.53 Å². The molecule has 5 heteroatoms. The van der Waals surface area contributed by atoms with Crippen molar-refractivity contribution in [2.75, 3.05) is 46.5 Å². The Morgan fingerprint density at radius 3 is 2.83 bits per heavy atom. The smallest absolute Gasteiger partial charge is 0.224 e. The predicted molar refractivity (Wildman–Crippen MR) is 88.6 cm³/mol. The van der Waals surface area contributed by atoms with Crippen LogP contribution in [0, 0.1) is 0 Å². The SMILES string of the molecule is COc1ccccc1[C@H]1CCCN1CCC(=O)N1CCOCC1. The van der Waals surface area contributed by atoms with Crippen LogP contribution >= 0.6 is 0 Å². The van der Waals surface area contributed by atoms with Crippen LogP contribution < -0.4 is 4.74 Å². The molecule has 2 aliphatic rings. The summed E-state index contributed by atoms with van der Waals surface area (Å²) in [5.74, 6) is 1.20. The number of nitrogens with zero attached hydrogens (tertiary/aromatic N) is 2. The molecule has 0 saturated carbocycles. The van der Waals surface area contributed by atoms with Crippen molar-refractivity contribution < 1.29 is 14.3 Å². The molecule has 1 aromatic carbocycles. The first kappa shape index (κ1) is 16.3. The van der Waals surface area contributed by atoms with Crippen LogP contribution in [0.3, 0.4) is 0 Å². The first-order valence-electron chi connectivity index (χ1n) is 8.52. The van der Waals surface area contributed by atoms with Crippen molar-refractivity contribution in [3.8, 4) is 5.75 Å². The number of morpholine rings is 1. The van der Waals surface area contributed by atoms with E-state index in [-0.39, 0.29) is 5.91 Å². The molecule has 0 bridgehead atoms. The van der Waals surface area contributed by atoms with E-state index < -0.39 is 0 Å². The Kier molecular flexibility index (Phi) is 5.51. The van der Waals surface area contributed by atoms with Crippen LogP contribution in [0.25, 0.3) is 0 Å². The van der Waals surface area contributed by atoms with Crippen molar-refractivity contribution in [1.82, 2.24) is 9.80 Å². The summed E-state index contributed by atoms with van der Waals surface area (Å²) < 4.78 is 10.8. The highest BCUT2D eigenvalue weighted by Crippen LogP contribution is 2.36. The van der Waals surface area contributed by atoms with Crippen molar-refractivity contribution in [3.63, 3.8) is 0 Å². The summed E-state index contributed by atoms with van der Waals surface area (Å²) in [6, 6.07) is 8.59. The van der Waals surface area contributed by atoms with Crippen molar-refractivity contribution in [3.05, 3.63) is 29.8 Å². The van der Waals surface area contributed by atoms with Gasteiger partial charge in [-0.1, -0.05) is 18.2 Å². The minimum absolute atomic E-state index is 0.249. The third-order valence-corrected chi connectivity index (χ3v) is 4.84. The summed E-state index contributed by atoms with van der Waals surface area (Å²) in [5, 5.41) is 0. The molecule has 1 amide bonds. The second kappa shape index (κ2) is 7.79. The summed E-state index contributed by atoms with van der Waals surface area (Å²) in [6.07, 6.45) is 2.90. The second-order valence-corrected chi connectivity index (χ2v) is 6.18. The predicted octanol–water partition coefficient (Wildman–Crippen LogP) is 2.08. The highest BCUT2D eigenvalue weighted by atomic mass is 16.5. The van der Waals surface area contributed by atoms with Gasteiger partial charge in [0.25, 0.3) is 0 Å². The van der Waals surface area contributed by atoms with Crippen LogP contribution in [0.1, 0.15) is 30.9 Å². The van der Waals surface area contributed by atoms with Crippen LogP contribution in [0.5, 0.6) is 5.75 Å². The zero-order valence-electron chi connectivity index (χ0n) is 13.9. The Morgan fingerprint density at radius 1 is 1.26 bits per heavy atom. The number of hydrogen-bond donors (Lipinski definition) is 0. The monoisotopic (exact) mass is 318 g/mol. The van der Waals surface area contributed by atoms with Gasteiger partial charge in [0.15, 0.2) is 0 Å². The van der Waals surface area contributed by atoms with Crippen LogP contribution in [0.4, 0.5) is 0 Å². The number of carbonyl (C=O) groups is 1. The highest BCUT2D eigenvalue weighted by molar-refractivity contribution is 5.76. The van der Waals surface area contributed by atoms with Gasteiger partial charge in [0, 0.05) is 37.7 Å². The molecule has 2 heterocycles. The number of likely N-dealkylation sites (tertiary alicyclic amines) is 1. The van der Waals surface area contributed by atoms with E-state index in [4.69, 9.17) is 9.47 Å². The summed E-state index contributed by atoms with van der Waals surface area (Å²) in [7, 11) is 1.72. The fourth-order valence-electron chi connectivity index (χ4n) is 3.60. The quantitative estimate of drug-likeness (QED) is 0.833. The molecule has 1 aromatic rings. The van der Waals surface area contributed by atoms with Crippen molar-refractivity contribution in [2.45, 2.75) is 25.3 Å². The standard InChI is InChI=1S/C18H26N2O3/c1-22-17-7-3-2-5-15(17)16-6-4-9-19(16)10-8-18(21)20-11-13-23-14-12-20/h2-3,5,7,16H,4,6,8-14H2,1H3/t16-/m1/s1. The molecule has 0 spiro atoms. The van der Waals surface area contributed by atoms with Crippen LogP contribution in [0.2, 0.25) is 0 Å². The van der Waals surface area contributed by atoms with E-state index in [1.165, 1.54) is 12.0 Å². The zero-order chi connectivity index (χ0) is 16.1. The number of ether oxygens (including phenoxy) is 2. The molecule has 0 radical (unpaired) electrons. The fraction of sp³-hybridized carbons (Fsp3) is 0.611. The van der Waals surface area contributed by atoms with Gasteiger partial charge in [-0.25, -0.2) is 0 Å². The lowest BCUT2D eigenvalue weighted by atomic mass is 10.0. The normalized spacial score (nSPS) is 22.3. The molecule has 3 rings (SSSR count). The fourth-order valence-corrected chi connectivity index (χ4v) is 3.60. The van der Waals surface area contributed by atoms with Gasteiger partial charge in [-0.05, 0) is 25.5 Å². The van der Waals surface area contributed by atoms with Crippen LogP contribution in [-0.4, -0.2) is 62.2 Å².